The average molecular weight is 1400 g/mol. The molecule has 17 nitrogen and oxygen atoms in total. The van der Waals surface area contributed by atoms with Crippen molar-refractivity contribution < 1.29 is 80.2 Å². The van der Waals surface area contributed by atoms with Crippen molar-refractivity contribution in [3.63, 3.8) is 0 Å². The van der Waals surface area contributed by atoms with Gasteiger partial charge < -0.3 is 33.8 Å². The van der Waals surface area contributed by atoms with Gasteiger partial charge in [-0.25, -0.2) is 9.13 Å². The number of hydrogen-bond acceptors (Lipinski definition) is 15. The molecular weight excluding hydrogens is 1260 g/mol. The van der Waals surface area contributed by atoms with Crippen LogP contribution in [0, 0.1) is 0 Å². The zero-order valence-electron chi connectivity index (χ0n) is 61.6. The van der Waals surface area contributed by atoms with Crippen molar-refractivity contribution in [2.75, 3.05) is 39.6 Å². The van der Waals surface area contributed by atoms with Gasteiger partial charge >= 0.3 is 39.5 Å². The molecule has 2 unspecified atom stereocenters. The minimum atomic E-state index is -4.97. The van der Waals surface area contributed by atoms with E-state index in [1.165, 1.54) is 161 Å². The number of phosphoric acid groups is 2. The average Bonchev–Trinajstić information content (AvgIpc) is 1.49. The number of aliphatic hydroxyl groups excluding tert-OH is 1. The molecule has 0 aromatic carbocycles. The van der Waals surface area contributed by atoms with Gasteiger partial charge in [0.05, 0.1) is 26.4 Å². The predicted octanol–water partition coefficient (Wildman–Crippen LogP) is 22.3. The van der Waals surface area contributed by atoms with E-state index in [-0.39, 0.29) is 25.7 Å². The summed E-state index contributed by atoms with van der Waals surface area (Å²) in [5.74, 6) is -2.16. The predicted molar refractivity (Wildman–Crippen MR) is 391 cm³/mol. The summed E-state index contributed by atoms with van der Waals surface area (Å²) in [6.45, 7) is 4.90. The summed E-state index contributed by atoms with van der Waals surface area (Å²) in [7, 11) is -9.93. The number of phosphoric ester groups is 2. The van der Waals surface area contributed by atoms with Gasteiger partial charge in [-0.15, -0.1) is 0 Å². The lowest BCUT2D eigenvalue weighted by Crippen LogP contribution is -2.30. The molecule has 0 heterocycles. The molecular formula is C77H144O17P2. The number of carbonyl (C=O) groups is 4. The first-order chi connectivity index (χ1) is 46.7. The lowest BCUT2D eigenvalue weighted by atomic mass is 10.0. The topological polar surface area (TPSA) is 237 Å². The van der Waals surface area contributed by atoms with Crippen LogP contribution < -0.4 is 0 Å². The standard InChI is InChI=1S/C77H144O17P2/c1-5-9-13-17-21-25-29-33-35-39-42-46-50-54-58-62-75(80)88-68-73(94-77(82)64-60-56-52-48-44-40-36-34-30-26-22-18-14-10-6-2)70-92-96(85,86)90-66-71(78)65-89-95(83,84)91-69-72(93-76(81)63-59-55-51-47-43-38-32-28-24-20-16-12-8-4)67-87-74(79)61-57-53-49-45-41-37-31-27-23-19-15-11-7-3/h28,32-36,71-73,78H,5-27,29-31,37-70H2,1-4H3,(H,83,84)(H,85,86)/b32-28-,35-33-,36-34-/t71-,72-,73-/m1/s1. The van der Waals surface area contributed by atoms with Crippen LogP contribution in [0.1, 0.15) is 374 Å². The van der Waals surface area contributed by atoms with E-state index in [1.807, 2.05) is 0 Å². The molecule has 0 rings (SSSR count). The number of ether oxygens (including phenoxy) is 4. The second-order valence-electron chi connectivity index (χ2n) is 26.7. The minimum absolute atomic E-state index is 0.0896. The lowest BCUT2D eigenvalue weighted by Gasteiger charge is -2.21. The molecule has 0 radical (unpaired) electrons. The highest BCUT2D eigenvalue weighted by Crippen LogP contribution is 2.45. The molecule has 19 heteroatoms. The van der Waals surface area contributed by atoms with Crippen molar-refractivity contribution in [1.29, 1.82) is 0 Å². The van der Waals surface area contributed by atoms with Crippen LogP contribution in [-0.2, 0) is 65.4 Å². The van der Waals surface area contributed by atoms with Crippen LogP contribution in [0.25, 0.3) is 0 Å². The van der Waals surface area contributed by atoms with Crippen LogP contribution >= 0.6 is 15.6 Å². The molecule has 0 saturated heterocycles. The van der Waals surface area contributed by atoms with Crippen molar-refractivity contribution in [2.24, 2.45) is 0 Å². The molecule has 0 aliphatic heterocycles. The molecule has 0 fully saturated rings. The molecule has 0 aliphatic carbocycles. The van der Waals surface area contributed by atoms with Gasteiger partial charge in [-0.3, -0.25) is 37.3 Å². The molecule has 5 atom stereocenters. The Labute approximate surface area is 585 Å². The van der Waals surface area contributed by atoms with Crippen LogP contribution in [0.15, 0.2) is 36.5 Å². The van der Waals surface area contributed by atoms with E-state index in [4.69, 9.17) is 37.0 Å². The molecule has 564 valence electrons. The van der Waals surface area contributed by atoms with E-state index in [0.717, 1.165) is 135 Å². The number of allylic oxidation sites excluding steroid dienone is 6. The highest BCUT2D eigenvalue weighted by molar-refractivity contribution is 7.47. The summed E-state index contributed by atoms with van der Waals surface area (Å²) in [4.78, 5) is 72.8. The molecule has 0 bridgehead atoms. The Morgan fingerprint density at radius 2 is 0.479 bits per heavy atom. The quantitative estimate of drug-likeness (QED) is 0.0169. The largest absolute Gasteiger partial charge is 0.472 e. The number of carbonyl (C=O) groups excluding carboxylic acids is 4. The Kier molecular flexibility index (Phi) is 68.7. The normalized spacial score (nSPS) is 14.1. The van der Waals surface area contributed by atoms with Crippen LogP contribution in [-0.4, -0.2) is 96.7 Å². The third-order valence-corrected chi connectivity index (χ3v) is 19.0. The minimum Gasteiger partial charge on any atom is -0.462 e. The van der Waals surface area contributed by atoms with E-state index in [2.05, 4.69) is 64.2 Å². The smallest absolute Gasteiger partial charge is 0.462 e. The van der Waals surface area contributed by atoms with Gasteiger partial charge in [0.15, 0.2) is 12.2 Å². The van der Waals surface area contributed by atoms with Gasteiger partial charge in [0.1, 0.15) is 19.3 Å². The summed E-state index contributed by atoms with van der Waals surface area (Å²) in [6, 6.07) is 0. The number of esters is 4. The SMILES string of the molecule is CCCCCC/C=C\CCCCCCCC(=O)O[C@H](COC(=O)CCCCCCCCCCCCCCC)COP(=O)(O)OC[C@@H](O)COP(=O)(O)OC[C@@H](COC(=O)CCCCCCC/C=C\CCCCCCCC)OC(=O)CCCCCCC/C=C\CCCCCCCC. The summed E-state index contributed by atoms with van der Waals surface area (Å²) in [5.41, 5.74) is 0. The monoisotopic (exact) mass is 1400 g/mol. The fourth-order valence-electron chi connectivity index (χ4n) is 11.0. The molecule has 3 N–H and O–H groups in total. The fourth-order valence-corrected chi connectivity index (χ4v) is 12.6. The van der Waals surface area contributed by atoms with Crippen LogP contribution in [0.3, 0.4) is 0 Å². The first-order valence-corrected chi connectivity index (χ1v) is 42.2. The Morgan fingerprint density at radius 1 is 0.281 bits per heavy atom. The zero-order chi connectivity index (χ0) is 70.4. The number of rotatable bonds is 75. The summed E-state index contributed by atoms with van der Waals surface area (Å²) >= 11 is 0. The van der Waals surface area contributed by atoms with Crippen LogP contribution in [0.4, 0.5) is 0 Å². The van der Waals surface area contributed by atoms with E-state index in [9.17, 15) is 43.2 Å². The summed E-state index contributed by atoms with van der Waals surface area (Å²) in [5, 5.41) is 10.6. The second kappa shape index (κ2) is 70.7. The first kappa shape index (κ1) is 93.3. The number of hydrogen-bond donors (Lipinski definition) is 3. The van der Waals surface area contributed by atoms with Gasteiger partial charge in [0.2, 0.25) is 0 Å². The molecule has 0 saturated carbocycles. The van der Waals surface area contributed by atoms with Crippen molar-refractivity contribution in [3.8, 4) is 0 Å². The Hall–Kier alpha value is -2.72. The zero-order valence-corrected chi connectivity index (χ0v) is 63.4. The second-order valence-corrected chi connectivity index (χ2v) is 29.6. The maximum atomic E-state index is 13.1. The number of aliphatic hydroxyl groups is 1. The molecule has 96 heavy (non-hydrogen) atoms. The highest BCUT2D eigenvalue weighted by Gasteiger charge is 2.30. The van der Waals surface area contributed by atoms with E-state index in [0.29, 0.717) is 25.7 Å². The van der Waals surface area contributed by atoms with Crippen molar-refractivity contribution in [3.05, 3.63) is 36.5 Å². The highest BCUT2D eigenvalue weighted by atomic mass is 31.2. The molecule has 0 amide bonds. The Bertz CT molecular complexity index is 1970. The number of unbranched alkanes of at least 4 members (excludes halogenated alkanes) is 43. The van der Waals surface area contributed by atoms with Crippen molar-refractivity contribution >= 4 is 39.5 Å². The molecule has 0 aliphatic rings. The van der Waals surface area contributed by atoms with Gasteiger partial charge in [-0.2, -0.15) is 0 Å². The van der Waals surface area contributed by atoms with E-state index >= 15 is 0 Å². The summed E-state index contributed by atoms with van der Waals surface area (Å²) < 4.78 is 68.5. The first-order valence-electron chi connectivity index (χ1n) is 39.2. The molecule has 0 spiro atoms. The van der Waals surface area contributed by atoms with E-state index in [1.54, 1.807) is 0 Å². The van der Waals surface area contributed by atoms with Crippen LogP contribution in [0.5, 0.6) is 0 Å². The van der Waals surface area contributed by atoms with Gasteiger partial charge in [-0.05, 0) is 103 Å². The Morgan fingerprint density at radius 3 is 0.729 bits per heavy atom. The Balaban J connectivity index is 5.31. The third-order valence-electron chi connectivity index (χ3n) is 17.1. The van der Waals surface area contributed by atoms with Gasteiger partial charge in [0, 0.05) is 25.7 Å². The van der Waals surface area contributed by atoms with E-state index < -0.39 is 97.5 Å². The van der Waals surface area contributed by atoms with Gasteiger partial charge in [-0.1, -0.05) is 282 Å². The molecule has 0 aromatic rings. The summed E-state index contributed by atoms with van der Waals surface area (Å²) in [6.07, 6.45) is 65.5. The lowest BCUT2D eigenvalue weighted by molar-refractivity contribution is -0.161. The maximum absolute atomic E-state index is 13.1. The van der Waals surface area contributed by atoms with Gasteiger partial charge in [0.25, 0.3) is 0 Å². The van der Waals surface area contributed by atoms with Crippen molar-refractivity contribution in [1.82, 2.24) is 0 Å². The maximum Gasteiger partial charge on any atom is 0.472 e. The van der Waals surface area contributed by atoms with Crippen molar-refractivity contribution in [2.45, 2.75) is 393 Å². The third kappa shape index (κ3) is 69.7. The fraction of sp³-hybridized carbons (Fsp3) is 0.870. The molecule has 0 aromatic heterocycles. The van der Waals surface area contributed by atoms with Crippen LogP contribution in [0.2, 0.25) is 0 Å².